The summed E-state index contributed by atoms with van der Waals surface area (Å²) in [5.41, 5.74) is -1.56. The van der Waals surface area contributed by atoms with E-state index in [9.17, 15) is 15.0 Å². The molecule has 0 aromatic rings. The smallest absolute Gasteiger partial charge is 0.309 e. The predicted molar refractivity (Wildman–Crippen MR) is 48.5 cm³/mol. The molecule has 1 saturated heterocycles. The molecule has 0 radical (unpaired) electrons. The number of hydrogen-bond acceptors (Lipinski definition) is 4. The van der Waals surface area contributed by atoms with E-state index in [0.717, 1.165) is 0 Å². The molecule has 2 aliphatic rings. The van der Waals surface area contributed by atoms with Crippen LogP contribution in [0.3, 0.4) is 0 Å². The first-order valence-electron chi connectivity index (χ1n) is 4.95. The number of esters is 1. The van der Waals surface area contributed by atoms with Crippen molar-refractivity contribution in [3.8, 4) is 0 Å². The average Bonchev–Trinajstić information content (AvgIpc) is 2.25. The largest absolute Gasteiger partial charge is 0.459 e. The van der Waals surface area contributed by atoms with E-state index in [0.29, 0.717) is 12.8 Å². The van der Waals surface area contributed by atoms with E-state index in [2.05, 4.69) is 0 Å². The lowest BCUT2D eigenvalue weighted by molar-refractivity contribution is -0.169. The number of carbonyl (C=O) groups is 1. The van der Waals surface area contributed by atoms with Crippen LogP contribution in [0.25, 0.3) is 0 Å². The molecule has 14 heavy (non-hydrogen) atoms. The fraction of sp³-hybridized carbons (Fsp3) is 0.900. The molecule has 0 aromatic carbocycles. The van der Waals surface area contributed by atoms with Crippen molar-refractivity contribution in [2.75, 3.05) is 0 Å². The Kier molecular flexibility index (Phi) is 1.92. The van der Waals surface area contributed by atoms with E-state index in [4.69, 9.17) is 4.74 Å². The zero-order valence-corrected chi connectivity index (χ0v) is 8.49. The third-order valence-electron chi connectivity index (χ3n) is 3.62. The van der Waals surface area contributed by atoms with Gasteiger partial charge in [0.15, 0.2) is 0 Å². The van der Waals surface area contributed by atoms with Gasteiger partial charge in [-0.2, -0.15) is 0 Å². The molecule has 0 bridgehead atoms. The van der Waals surface area contributed by atoms with Crippen LogP contribution in [0.1, 0.15) is 33.1 Å². The van der Waals surface area contributed by atoms with Crippen molar-refractivity contribution in [2.24, 2.45) is 5.41 Å². The van der Waals surface area contributed by atoms with Gasteiger partial charge in [-0.05, 0) is 6.42 Å². The van der Waals surface area contributed by atoms with Gasteiger partial charge in [0.25, 0.3) is 0 Å². The Morgan fingerprint density at radius 3 is 2.79 bits per heavy atom. The molecule has 1 heterocycles. The van der Waals surface area contributed by atoms with E-state index in [1.807, 2.05) is 13.8 Å². The Morgan fingerprint density at radius 2 is 2.14 bits per heavy atom. The Hall–Kier alpha value is -0.610. The van der Waals surface area contributed by atoms with Gasteiger partial charge in [-0.25, -0.2) is 0 Å². The van der Waals surface area contributed by atoms with Gasteiger partial charge in [-0.15, -0.1) is 0 Å². The second-order valence-electron chi connectivity index (χ2n) is 5.06. The van der Waals surface area contributed by atoms with Crippen molar-refractivity contribution >= 4 is 5.97 Å². The fourth-order valence-corrected chi connectivity index (χ4v) is 2.65. The van der Waals surface area contributed by atoms with Crippen LogP contribution in [-0.2, 0) is 9.53 Å². The molecule has 2 N–H and O–H groups in total. The molecule has 4 heteroatoms. The summed E-state index contributed by atoms with van der Waals surface area (Å²) >= 11 is 0. The van der Waals surface area contributed by atoms with Gasteiger partial charge in [0.1, 0.15) is 11.7 Å². The molecule has 0 unspecified atom stereocenters. The van der Waals surface area contributed by atoms with Crippen molar-refractivity contribution in [3.63, 3.8) is 0 Å². The molecular formula is C10H16O4. The van der Waals surface area contributed by atoms with Crippen molar-refractivity contribution in [1.29, 1.82) is 0 Å². The van der Waals surface area contributed by atoms with E-state index in [-0.39, 0.29) is 12.4 Å². The SMILES string of the molecule is CC1(C)C[C@@H](O)C[C@H]2OC(=O)C[C@@]21O. The third-order valence-corrected chi connectivity index (χ3v) is 3.62. The monoisotopic (exact) mass is 200 g/mol. The van der Waals surface area contributed by atoms with Gasteiger partial charge in [0.05, 0.1) is 12.5 Å². The maximum Gasteiger partial charge on any atom is 0.309 e. The van der Waals surface area contributed by atoms with Gasteiger partial charge >= 0.3 is 5.97 Å². The molecule has 2 rings (SSSR count). The summed E-state index contributed by atoms with van der Waals surface area (Å²) in [6.45, 7) is 3.73. The number of ether oxygens (including phenoxy) is 1. The van der Waals surface area contributed by atoms with Gasteiger partial charge in [-0.1, -0.05) is 13.8 Å². The van der Waals surface area contributed by atoms with Crippen molar-refractivity contribution in [2.45, 2.75) is 50.9 Å². The quantitative estimate of drug-likeness (QED) is 0.549. The summed E-state index contributed by atoms with van der Waals surface area (Å²) in [6, 6.07) is 0. The summed E-state index contributed by atoms with van der Waals surface area (Å²) in [5, 5.41) is 20.0. The molecule has 4 nitrogen and oxygen atoms in total. The second kappa shape index (κ2) is 2.70. The molecule has 2 fully saturated rings. The summed E-state index contributed by atoms with van der Waals surface area (Å²) in [7, 11) is 0. The molecule has 0 aromatic heterocycles. The highest BCUT2D eigenvalue weighted by Gasteiger charge is 2.60. The minimum atomic E-state index is -1.09. The van der Waals surface area contributed by atoms with Crippen LogP contribution >= 0.6 is 0 Å². The first-order chi connectivity index (χ1) is 6.35. The lowest BCUT2D eigenvalue weighted by atomic mass is 9.63. The molecular weight excluding hydrogens is 184 g/mol. The Balaban J connectivity index is 2.33. The van der Waals surface area contributed by atoms with Crippen LogP contribution in [0.2, 0.25) is 0 Å². The number of fused-ring (bicyclic) bond motifs is 1. The topological polar surface area (TPSA) is 66.8 Å². The molecule has 1 aliphatic carbocycles. The standard InChI is InChI=1S/C10H16O4/c1-9(2)4-6(11)3-7-10(9,13)5-8(12)14-7/h6-7,11,13H,3-5H2,1-2H3/t6-,7+,10+/m0/s1. The lowest BCUT2D eigenvalue weighted by Gasteiger charge is -2.47. The van der Waals surface area contributed by atoms with Crippen LogP contribution in [0.4, 0.5) is 0 Å². The molecule has 0 amide bonds. The number of hydrogen-bond donors (Lipinski definition) is 2. The van der Waals surface area contributed by atoms with Crippen LogP contribution < -0.4 is 0 Å². The summed E-state index contributed by atoms with van der Waals surface area (Å²) < 4.78 is 5.03. The van der Waals surface area contributed by atoms with Crippen molar-refractivity contribution < 1.29 is 19.7 Å². The highest BCUT2D eigenvalue weighted by molar-refractivity contribution is 5.74. The summed E-state index contributed by atoms with van der Waals surface area (Å²) in [6.07, 6.45) is -0.102. The van der Waals surface area contributed by atoms with E-state index in [1.165, 1.54) is 0 Å². The fourth-order valence-electron chi connectivity index (χ4n) is 2.65. The molecule has 3 atom stereocenters. The van der Waals surface area contributed by atoms with Gasteiger partial charge < -0.3 is 14.9 Å². The maximum atomic E-state index is 11.1. The average molecular weight is 200 g/mol. The van der Waals surface area contributed by atoms with Crippen LogP contribution in [-0.4, -0.2) is 34.0 Å². The minimum Gasteiger partial charge on any atom is -0.459 e. The van der Waals surface area contributed by atoms with Crippen LogP contribution in [0.15, 0.2) is 0 Å². The minimum absolute atomic E-state index is 0.0530. The molecule has 1 aliphatic heterocycles. The summed E-state index contributed by atoms with van der Waals surface area (Å²) in [4.78, 5) is 11.1. The summed E-state index contributed by atoms with van der Waals surface area (Å²) in [5.74, 6) is -0.361. The zero-order chi connectivity index (χ0) is 10.6. The van der Waals surface area contributed by atoms with E-state index in [1.54, 1.807) is 0 Å². The lowest BCUT2D eigenvalue weighted by Crippen LogP contribution is -2.56. The second-order valence-corrected chi connectivity index (χ2v) is 5.06. The molecule has 1 saturated carbocycles. The third kappa shape index (κ3) is 1.17. The van der Waals surface area contributed by atoms with Gasteiger partial charge in [0.2, 0.25) is 0 Å². The number of aliphatic hydroxyl groups excluding tert-OH is 1. The molecule has 0 spiro atoms. The zero-order valence-electron chi connectivity index (χ0n) is 8.49. The van der Waals surface area contributed by atoms with Crippen LogP contribution in [0, 0.1) is 5.41 Å². The Bertz CT molecular complexity index is 273. The van der Waals surface area contributed by atoms with E-state index < -0.39 is 23.2 Å². The van der Waals surface area contributed by atoms with Gasteiger partial charge in [0, 0.05) is 11.8 Å². The number of carbonyl (C=O) groups excluding carboxylic acids is 1. The first kappa shape index (κ1) is 9.93. The predicted octanol–water partition coefficient (Wildman–Crippen LogP) is 0.214. The van der Waals surface area contributed by atoms with E-state index >= 15 is 0 Å². The van der Waals surface area contributed by atoms with Crippen LogP contribution in [0.5, 0.6) is 0 Å². The van der Waals surface area contributed by atoms with Gasteiger partial charge in [-0.3, -0.25) is 4.79 Å². The number of rotatable bonds is 0. The number of aliphatic hydroxyl groups is 2. The van der Waals surface area contributed by atoms with Crippen molar-refractivity contribution in [1.82, 2.24) is 0 Å². The Labute approximate surface area is 82.9 Å². The Morgan fingerprint density at radius 1 is 1.50 bits per heavy atom. The highest BCUT2D eigenvalue weighted by atomic mass is 16.6. The normalized spacial score (nSPS) is 45.9. The first-order valence-corrected chi connectivity index (χ1v) is 4.95. The maximum absolute atomic E-state index is 11.1. The van der Waals surface area contributed by atoms with Crippen molar-refractivity contribution in [3.05, 3.63) is 0 Å². The molecule has 80 valence electrons. The highest BCUT2D eigenvalue weighted by Crippen LogP contribution is 2.50.